The van der Waals surface area contributed by atoms with Crippen LogP contribution in [0.5, 0.6) is 5.75 Å². The predicted octanol–water partition coefficient (Wildman–Crippen LogP) is 3.25. The number of para-hydroxylation sites is 1. The maximum Gasteiger partial charge on any atom is 0.242 e. The third-order valence-corrected chi connectivity index (χ3v) is 5.27. The zero-order valence-corrected chi connectivity index (χ0v) is 15.7. The second-order valence-corrected chi connectivity index (χ2v) is 6.79. The normalized spacial score (nSPS) is 14.5. The van der Waals surface area contributed by atoms with Crippen LogP contribution in [-0.2, 0) is 11.2 Å². The van der Waals surface area contributed by atoms with E-state index in [1.54, 1.807) is 12.0 Å². The molecule has 26 heavy (non-hydrogen) atoms. The Kier molecular flexibility index (Phi) is 5.35. The molecule has 138 valence electrons. The number of amides is 1. The lowest BCUT2D eigenvalue weighted by atomic mass is 10.00. The molecule has 1 amide bonds. The Hall–Kier alpha value is -2.69. The monoisotopic (exact) mass is 353 g/mol. The number of carbonyl (C=O) groups is 1. The number of likely N-dealkylation sites (N-methyl/N-ethyl adjacent to an activating group) is 1. The van der Waals surface area contributed by atoms with Crippen LogP contribution in [0.2, 0.25) is 0 Å². The molecular formula is C21H27N3O2. The Labute approximate surface area is 155 Å². The van der Waals surface area contributed by atoms with Gasteiger partial charge in [-0.15, -0.1) is 0 Å². The number of carbonyl (C=O) groups excluding carboxylic acids is 1. The van der Waals surface area contributed by atoms with E-state index in [0.717, 1.165) is 47.6 Å². The zero-order chi connectivity index (χ0) is 18.7. The molecule has 1 unspecified atom stereocenters. The summed E-state index contributed by atoms with van der Waals surface area (Å²) in [5, 5.41) is 0. The second kappa shape index (κ2) is 7.68. The molecule has 2 aromatic carbocycles. The van der Waals surface area contributed by atoms with E-state index < -0.39 is 0 Å². The lowest BCUT2D eigenvalue weighted by Crippen LogP contribution is -2.41. The van der Waals surface area contributed by atoms with Gasteiger partial charge in [0.1, 0.15) is 5.75 Å². The van der Waals surface area contributed by atoms with Crippen molar-refractivity contribution in [2.24, 2.45) is 0 Å². The van der Waals surface area contributed by atoms with Gasteiger partial charge in [-0.05, 0) is 43.5 Å². The summed E-state index contributed by atoms with van der Waals surface area (Å²) in [6, 6.07) is 13.7. The van der Waals surface area contributed by atoms with Crippen molar-refractivity contribution in [1.29, 1.82) is 0 Å². The average Bonchev–Trinajstić information content (AvgIpc) is 2.67. The van der Waals surface area contributed by atoms with E-state index in [-0.39, 0.29) is 11.9 Å². The van der Waals surface area contributed by atoms with Crippen molar-refractivity contribution < 1.29 is 9.53 Å². The molecule has 3 rings (SSSR count). The van der Waals surface area contributed by atoms with E-state index in [0.29, 0.717) is 6.54 Å². The largest absolute Gasteiger partial charge is 0.496 e. The third kappa shape index (κ3) is 3.47. The fourth-order valence-electron chi connectivity index (χ4n) is 3.60. The fraction of sp³-hybridized carbons (Fsp3) is 0.381. The summed E-state index contributed by atoms with van der Waals surface area (Å²) >= 11 is 0. The number of nitrogens with two attached hydrogens (primary N) is 1. The van der Waals surface area contributed by atoms with Crippen LogP contribution in [0.15, 0.2) is 42.5 Å². The minimum atomic E-state index is -0.0660. The molecule has 1 aliphatic rings. The maximum absolute atomic E-state index is 12.9. The van der Waals surface area contributed by atoms with Crippen molar-refractivity contribution >= 4 is 17.3 Å². The molecule has 1 aliphatic heterocycles. The zero-order valence-electron chi connectivity index (χ0n) is 15.7. The van der Waals surface area contributed by atoms with Gasteiger partial charge in [-0.1, -0.05) is 24.3 Å². The summed E-state index contributed by atoms with van der Waals surface area (Å²) in [6.07, 6.45) is 1.99. The highest BCUT2D eigenvalue weighted by Gasteiger charge is 2.25. The van der Waals surface area contributed by atoms with Crippen LogP contribution in [0.3, 0.4) is 0 Å². The van der Waals surface area contributed by atoms with Crippen molar-refractivity contribution in [3.8, 4) is 5.75 Å². The first-order valence-electron chi connectivity index (χ1n) is 9.03. The standard InChI is InChI=1S/C21H27N3O2/c1-15(16-8-4-5-12-20(16)26-3)23(2)21(25)14-24-13-7-9-17-18(22)10-6-11-19(17)24/h4-6,8,10-12,15H,7,9,13-14,22H2,1-3H3. The van der Waals surface area contributed by atoms with E-state index in [4.69, 9.17) is 10.5 Å². The number of hydrogen-bond acceptors (Lipinski definition) is 4. The molecule has 0 spiro atoms. The number of fused-ring (bicyclic) bond motifs is 1. The number of anilines is 2. The minimum Gasteiger partial charge on any atom is -0.496 e. The highest BCUT2D eigenvalue weighted by atomic mass is 16.5. The van der Waals surface area contributed by atoms with Gasteiger partial charge in [0.25, 0.3) is 0 Å². The summed E-state index contributed by atoms with van der Waals surface area (Å²) in [5.41, 5.74) is 10.2. The first-order chi connectivity index (χ1) is 12.5. The summed E-state index contributed by atoms with van der Waals surface area (Å²) in [5.74, 6) is 0.884. The molecule has 0 saturated heterocycles. The second-order valence-electron chi connectivity index (χ2n) is 6.79. The van der Waals surface area contributed by atoms with E-state index in [1.807, 2.05) is 50.4 Å². The van der Waals surface area contributed by atoms with Gasteiger partial charge in [0.05, 0.1) is 19.7 Å². The van der Waals surface area contributed by atoms with Crippen LogP contribution in [0.4, 0.5) is 11.4 Å². The Balaban J connectivity index is 1.75. The van der Waals surface area contributed by atoms with Gasteiger partial charge < -0.3 is 20.3 Å². The van der Waals surface area contributed by atoms with Gasteiger partial charge in [0.15, 0.2) is 0 Å². The highest BCUT2D eigenvalue weighted by Crippen LogP contribution is 2.32. The molecule has 5 heteroatoms. The molecule has 2 N–H and O–H groups in total. The molecule has 5 nitrogen and oxygen atoms in total. The molecule has 0 saturated carbocycles. The molecular weight excluding hydrogens is 326 g/mol. The van der Waals surface area contributed by atoms with Crippen molar-refractivity contribution in [1.82, 2.24) is 4.90 Å². The number of hydrogen-bond donors (Lipinski definition) is 1. The number of ether oxygens (including phenoxy) is 1. The van der Waals surface area contributed by atoms with Gasteiger partial charge in [0, 0.05) is 30.5 Å². The highest BCUT2D eigenvalue weighted by molar-refractivity contribution is 5.83. The summed E-state index contributed by atoms with van der Waals surface area (Å²) < 4.78 is 5.44. The van der Waals surface area contributed by atoms with E-state index in [1.165, 1.54) is 0 Å². The number of nitrogen functional groups attached to an aromatic ring is 1. The molecule has 0 aromatic heterocycles. The van der Waals surface area contributed by atoms with E-state index in [2.05, 4.69) is 11.0 Å². The fourth-order valence-corrected chi connectivity index (χ4v) is 3.60. The molecule has 0 radical (unpaired) electrons. The lowest BCUT2D eigenvalue weighted by Gasteiger charge is -2.34. The van der Waals surface area contributed by atoms with Crippen molar-refractivity contribution in [3.05, 3.63) is 53.6 Å². The van der Waals surface area contributed by atoms with Crippen LogP contribution in [0, 0.1) is 0 Å². The Morgan fingerprint density at radius 3 is 2.81 bits per heavy atom. The SMILES string of the molecule is COc1ccccc1C(C)N(C)C(=O)CN1CCCc2c(N)cccc21. The Morgan fingerprint density at radius 1 is 1.27 bits per heavy atom. The van der Waals surface area contributed by atoms with Crippen molar-refractivity contribution in [2.45, 2.75) is 25.8 Å². The van der Waals surface area contributed by atoms with Gasteiger partial charge >= 0.3 is 0 Å². The molecule has 0 fully saturated rings. The van der Waals surface area contributed by atoms with Gasteiger partial charge in [0.2, 0.25) is 5.91 Å². The summed E-state index contributed by atoms with van der Waals surface area (Å²) in [7, 11) is 3.51. The molecule has 1 atom stereocenters. The Bertz CT molecular complexity index is 791. The van der Waals surface area contributed by atoms with E-state index in [9.17, 15) is 4.79 Å². The number of benzene rings is 2. The number of methoxy groups -OCH3 is 1. The van der Waals surface area contributed by atoms with Crippen molar-refractivity contribution in [2.75, 3.05) is 37.9 Å². The van der Waals surface area contributed by atoms with Gasteiger partial charge in [-0.25, -0.2) is 0 Å². The maximum atomic E-state index is 12.9. The van der Waals surface area contributed by atoms with E-state index >= 15 is 0 Å². The van der Waals surface area contributed by atoms with Gasteiger partial charge in [-0.2, -0.15) is 0 Å². The Morgan fingerprint density at radius 2 is 2.04 bits per heavy atom. The number of rotatable bonds is 5. The molecule has 0 bridgehead atoms. The number of nitrogens with zero attached hydrogens (tertiary/aromatic N) is 2. The van der Waals surface area contributed by atoms with Crippen LogP contribution in [0.1, 0.15) is 30.5 Å². The minimum absolute atomic E-state index is 0.0660. The topological polar surface area (TPSA) is 58.8 Å². The molecule has 2 aromatic rings. The molecule has 1 heterocycles. The lowest BCUT2D eigenvalue weighted by molar-refractivity contribution is -0.130. The third-order valence-electron chi connectivity index (χ3n) is 5.27. The van der Waals surface area contributed by atoms with Crippen LogP contribution < -0.4 is 15.4 Å². The van der Waals surface area contributed by atoms with Crippen LogP contribution in [0.25, 0.3) is 0 Å². The smallest absolute Gasteiger partial charge is 0.242 e. The van der Waals surface area contributed by atoms with Crippen LogP contribution in [-0.4, -0.2) is 38.1 Å². The van der Waals surface area contributed by atoms with Gasteiger partial charge in [-0.3, -0.25) is 4.79 Å². The quantitative estimate of drug-likeness (QED) is 0.839. The van der Waals surface area contributed by atoms with Crippen LogP contribution >= 0.6 is 0 Å². The van der Waals surface area contributed by atoms with Crippen molar-refractivity contribution in [3.63, 3.8) is 0 Å². The first kappa shape index (κ1) is 18.1. The first-order valence-corrected chi connectivity index (χ1v) is 9.03. The molecule has 0 aliphatic carbocycles. The summed E-state index contributed by atoms with van der Waals surface area (Å²) in [6.45, 7) is 3.25. The predicted molar refractivity (Wildman–Crippen MR) is 106 cm³/mol. The average molecular weight is 353 g/mol. The summed E-state index contributed by atoms with van der Waals surface area (Å²) in [4.78, 5) is 16.9.